The van der Waals surface area contributed by atoms with E-state index in [0.717, 1.165) is 36.9 Å². The minimum atomic E-state index is -3.44. The Morgan fingerprint density at radius 2 is 2.00 bits per heavy atom. The van der Waals surface area contributed by atoms with E-state index in [1.54, 1.807) is 22.5 Å². The van der Waals surface area contributed by atoms with Crippen molar-refractivity contribution in [3.8, 4) is 0 Å². The predicted octanol–water partition coefficient (Wildman–Crippen LogP) is 1.74. The van der Waals surface area contributed by atoms with Gasteiger partial charge in [0.05, 0.1) is 11.3 Å². The summed E-state index contributed by atoms with van der Waals surface area (Å²) in [4.78, 5) is 11.7. The smallest absolute Gasteiger partial charge is 0.243 e. The highest BCUT2D eigenvalue weighted by Crippen LogP contribution is 2.42. The molecule has 0 aromatic heterocycles. The number of carbonyl (C=O) groups excluding carboxylic acids is 1. The molecular weight excluding hydrogens is 288 g/mol. The fourth-order valence-electron chi connectivity index (χ4n) is 3.52. The zero-order chi connectivity index (χ0) is 14.6. The maximum atomic E-state index is 12.9. The van der Waals surface area contributed by atoms with Crippen molar-refractivity contribution in [3.63, 3.8) is 0 Å². The van der Waals surface area contributed by atoms with Crippen LogP contribution in [0.4, 0.5) is 5.69 Å². The van der Waals surface area contributed by atoms with Gasteiger partial charge in [-0.15, -0.1) is 0 Å². The van der Waals surface area contributed by atoms with E-state index in [4.69, 9.17) is 0 Å². The molecular formula is C15H18N2O3S. The second-order valence-electron chi connectivity index (χ2n) is 6.21. The lowest BCUT2D eigenvalue weighted by molar-refractivity contribution is -0.115. The van der Waals surface area contributed by atoms with Crippen LogP contribution < -0.4 is 5.32 Å². The Kier molecular flexibility index (Phi) is 2.87. The van der Waals surface area contributed by atoms with Gasteiger partial charge in [-0.25, -0.2) is 8.42 Å². The van der Waals surface area contributed by atoms with Crippen molar-refractivity contribution < 1.29 is 13.2 Å². The Morgan fingerprint density at radius 3 is 2.76 bits per heavy atom. The summed E-state index contributed by atoms with van der Waals surface area (Å²) in [7, 11) is -3.44. The Labute approximate surface area is 124 Å². The second-order valence-corrected chi connectivity index (χ2v) is 8.10. The molecule has 1 amide bonds. The van der Waals surface area contributed by atoms with Gasteiger partial charge >= 0.3 is 0 Å². The molecule has 1 aromatic rings. The average molecular weight is 306 g/mol. The van der Waals surface area contributed by atoms with Crippen LogP contribution in [-0.2, 0) is 21.2 Å². The van der Waals surface area contributed by atoms with E-state index in [1.807, 2.05) is 0 Å². The van der Waals surface area contributed by atoms with Gasteiger partial charge in [-0.2, -0.15) is 4.31 Å². The first-order chi connectivity index (χ1) is 10.1. The summed E-state index contributed by atoms with van der Waals surface area (Å²) < 4.78 is 27.4. The molecule has 2 heterocycles. The zero-order valence-electron chi connectivity index (χ0n) is 11.7. The van der Waals surface area contributed by atoms with Gasteiger partial charge in [0.1, 0.15) is 0 Å². The van der Waals surface area contributed by atoms with Crippen molar-refractivity contribution in [3.05, 3.63) is 23.8 Å². The van der Waals surface area contributed by atoms with Crippen molar-refractivity contribution in [1.82, 2.24) is 4.31 Å². The van der Waals surface area contributed by atoms with Crippen molar-refractivity contribution >= 4 is 21.6 Å². The van der Waals surface area contributed by atoms with Crippen LogP contribution in [0.25, 0.3) is 0 Å². The summed E-state index contributed by atoms with van der Waals surface area (Å²) in [6, 6.07) is 5.16. The van der Waals surface area contributed by atoms with Crippen LogP contribution in [0.5, 0.6) is 0 Å². The van der Waals surface area contributed by atoms with Crippen LogP contribution in [0, 0.1) is 5.92 Å². The first-order valence-corrected chi connectivity index (χ1v) is 8.94. The van der Waals surface area contributed by atoms with E-state index in [2.05, 4.69) is 5.32 Å². The van der Waals surface area contributed by atoms with Gasteiger partial charge in [0.2, 0.25) is 15.9 Å². The summed E-state index contributed by atoms with van der Waals surface area (Å²) in [5.41, 5.74) is 1.52. The molecule has 1 saturated heterocycles. The standard InChI is InChI=1S/C15H18N2O3S/c18-15-9-11-8-12(5-6-13(11)16-15)21(19,20)17-7-1-2-14(17)10-3-4-10/h5-6,8,10,14H,1-4,7,9H2,(H,16,18). The Balaban J connectivity index is 1.68. The summed E-state index contributed by atoms with van der Waals surface area (Å²) >= 11 is 0. The SMILES string of the molecule is O=C1Cc2cc(S(=O)(=O)N3CCCC3C3CC3)ccc2N1. The number of fused-ring (bicyclic) bond motifs is 1. The fraction of sp³-hybridized carbons (Fsp3) is 0.533. The number of hydrogen-bond acceptors (Lipinski definition) is 3. The van der Waals surface area contributed by atoms with Gasteiger partial charge in [0, 0.05) is 18.3 Å². The van der Waals surface area contributed by atoms with Crippen LogP contribution >= 0.6 is 0 Å². The summed E-state index contributed by atoms with van der Waals surface area (Å²) in [6.45, 7) is 0.623. The number of hydrogen-bond donors (Lipinski definition) is 1. The Hall–Kier alpha value is -1.40. The normalized spacial score (nSPS) is 25.9. The molecule has 1 aromatic carbocycles. The fourth-order valence-corrected chi connectivity index (χ4v) is 5.32. The van der Waals surface area contributed by atoms with Crippen molar-refractivity contribution in [1.29, 1.82) is 0 Å². The number of amides is 1. The molecule has 1 atom stereocenters. The highest BCUT2D eigenvalue weighted by Gasteiger charge is 2.43. The number of sulfonamides is 1. The first kappa shape index (κ1) is 13.3. The van der Waals surface area contributed by atoms with Gasteiger partial charge < -0.3 is 5.32 Å². The highest BCUT2D eigenvalue weighted by atomic mass is 32.2. The number of carbonyl (C=O) groups is 1. The van der Waals surface area contributed by atoms with Crippen LogP contribution in [0.1, 0.15) is 31.2 Å². The van der Waals surface area contributed by atoms with E-state index in [9.17, 15) is 13.2 Å². The summed E-state index contributed by atoms with van der Waals surface area (Å²) in [6.07, 6.45) is 4.50. The zero-order valence-corrected chi connectivity index (χ0v) is 12.5. The molecule has 0 radical (unpaired) electrons. The summed E-state index contributed by atoms with van der Waals surface area (Å²) in [5.74, 6) is 0.483. The second kappa shape index (κ2) is 4.55. The van der Waals surface area contributed by atoms with E-state index in [1.165, 1.54) is 0 Å². The molecule has 112 valence electrons. The van der Waals surface area contributed by atoms with E-state index in [-0.39, 0.29) is 18.4 Å². The third-order valence-electron chi connectivity index (χ3n) is 4.72. The van der Waals surface area contributed by atoms with Gasteiger partial charge in [0.15, 0.2) is 0 Å². The maximum absolute atomic E-state index is 12.9. The molecule has 2 aliphatic heterocycles. The Bertz CT molecular complexity index is 710. The third kappa shape index (κ3) is 2.17. The maximum Gasteiger partial charge on any atom is 0.243 e. The largest absolute Gasteiger partial charge is 0.326 e. The molecule has 3 aliphatic rings. The molecule has 2 fully saturated rings. The number of nitrogens with one attached hydrogen (secondary N) is 1. The van der Waals surface area contributed by atoms with Crippen molar-refractivity contribution in [2.45, 2.75) is 43.0 Å². The van der Waals surface area contributed by atoms with Gasteiger partial charge in [-0.3, -0.25) is 4.79 Å². The van der Waals surface area contributed by atoms with Crippen molar-refractivity contribution in [2.75, 3.05) is 11.9 Å². The van der Waals surface area contributed by atoms with E-state index in [0.29, 0.717) is 17.4 Å². The molecule has 1 aliphatic carbocycles. The molecule has 4 rings (SSSR count). The quantitative estimate of drug-likeness (QED) is 0.925. The predicted molar refractivity (Wildman–Crippen MR) is 78.4 cm³/mol. The molecule has 21 heavy (non-hydrogen) atoms. The monoisotopic (exact) mass is 306 g/mol. The topological polar surface area (TPSA) is 66.5 Å². The molecule has 1 N–H and O–H groups in total. The molecule has 5 nitrogen and oxygen atoms in total. The third-order valence-corrected chi connectivity index (χ3v) is 6.64. The van der Waals surface area contributed by atoms with Gasteiger partial charge in [0.25, 0.3) is 0 Å². The summed E-state index contributed by atoms with van der Waals surface area (Å²) in [5, 5.41) is 2.74. The van der Waals surface area contributed by atoms with Gasteiger partial charge in [-0.1, -0.05) is 0 Å². The molecule has 1 unspecified atom stereocenters. The van der Waals surface area contributed by atoms with Crippen molar-refractivity contribution in [2.24, 2.45) is 5.92 Å². The van der Waals surface area contributed by atoms with Crippen LogP contribution in [0.2, 0.25) is 0 Å². The molecule has 6 heteroatoms. The number of anilines is 1. The molecule has 0 bridgehead atoms. The molecule has 0 spiro atoms. The van der Waals surface area contributed by atoms with Gasteiger partial charge in [-0.05, 0) is 55.4 Å². The molecule has 1 saturated carbocycles. The lowest BCUT2D eigenvalue weighted by Gasteiger charge is -2.24. The van der Waals surface area contributed by atoms with Crippen LogP contribution in [0.3, 0.4) is 0 Å². The number of benzene rings is 1. The number of rotatable bonds is 3. The number of nitrogens with zero attached hydrogens (tertiary/aromatic N) is 1. The lowest BCUT2D eigenvalue weighted by Crippen LogP contribution is -2.36. The average Bonchev–Trinajstić information content (AvgIpc) is 3.03. The highest BCUT2D eigenvalue weighted by molar-refractivity contribution is 7.89. The first-order valence-electron chi connectivity index (χ1n) is 7.50. The van der Waals surface area contributed by atoms with Crippen LogP contribution in [-0.4, -0.2) is 31.2 Å². The minimum absolute atomic E-state index is 0.0726. The Morgan fingerprint density at radius 1 is 1.19 bits per heavy atom. The van der Waals surface area contributed by atoms with E-state index < -0.39 is 10.0 Å². The lowest BCUT2D eigenvalue weighted by atomic mass is 10.1. The van der Waals surface area contributed by atoms with Crippen LogP contribution in [0.15, 0.2) is 23.1 Å². The van der Waals surface area contributed by atoms with E-state index >= 15 is 0 Å². The minimum Gasteiger partial charge on any atom is -0.326 e.